The van der Waals surface area contributed by atoms with Crippen LogP contribution in [0.25, 0.3) is 16.9 Å². The van der Waals surface area contributed by atoms with Crippen LogP contribution in [0.1, 0.15) is 27.6 Å². The summed E-state index contributed by atoms with van der Waals surface area (Å²) in [5, 5.41) is 4.59. The molecule has 2 amide bonds. The van der Waals surface area contributed by atoms with Crippen molar-refractivity contribution in [3.63, 3.8) is 0 Å². The first kappa shape index (κ1) is 24.2. The first-order valence-electron chi connectivity index (χ1n) is 11.1. The quantitative estimate of drug-likeness (QED) is 0.292. The lowest BCUT2D eigenvalue weighted by Crippen LogP contribution is -2.43. The summed E-state index contributed by atoms with van der Waals surface area (Å²) in [5.74, 6) is -0.629. The van der Waals surface area contributed by atoms with Crippen LogP contribution < -0.4 is 20.3 Å². The molecule has 0 saturated carbocycles. The smallest absolute Gasteiger partial charge is 0.276 e. The number of hydrazine groups is 1. The Bertz CT molecular complexity index is 1380. The fraction of sp³-hybridized carbons (Fsp3) is 0.111. The second-order valence-electron chi connectivity index (χ2n) is 7.75. The third kappa shape index (κ3) is 5.58. The molecule has 0 bridgehead atoms. The number of benzene rings is 3. The molecule has 9 nitrogen and oxygen atoms in total. The maximum Gasteiger partial charge on any atom is 0.276 e. The van der Waals surface area contributed by atoms with Gasteiger partial charge in [-0.15, -0.1) is 0 Å². The van der Waals surface area contributed by atoms with Gasteiger partial charge in [0.1, 0.15) is 5.69 Å². The zero-order chi connectivity index (χ0) is 25.5. The number of para-hydroxylation sites is 1. The van der Waals surface area contributed by atoms with Gasteiger partial charge in [-0.25, -0.2) is 4.68 Å². The lowest BCUT2D eigenvalue weighted by Gasteiger charge is -2.12. The topological polar surface area (TPSA) is 112 Å². The van der Waals surface area contributed by atoms with Crippen LogP contribution >= 0.6 is 0 Å². The molecule has 9 heteroatoms. The predicted octanol–water partition coefficient (Wildman–Crippen LogP) is 3.59. The van der Waals surface area contributed by atoms with Gasteiger partial charge in [-0.05, 0) is 37.3 Å². The number of carbonyl (C=O) groups is 3. The van der Waals surface area contributed by atoms with E-state index in [1.807, 2.05) is 60.7 Å². The zero-order valence-electron chi connectivity index (χ0n) is 19.7. The van der Waals surface area contributed by atoms with Crippen LogP contribution in [-0.2, 0) is 4.79 Å². The van der Waals surface area contributed by atoms with Crippen molar-refractivity contribution in [2.24, 2.45) is 0 Å². The highest BCUT2D eigenvalue weighted by Crippen LogP contribution is 2.28. The molecule has 0 radical (unpaired) electrons. The van der Waals surface area contributed by atoms with Crippen LogP contribution in [0.4, 0.5) is 0 Å². The summed E-state index contributed by atoms with van der Waals surface area (Å²) in [5.41, 5.74) is 7.53. The molecule has 0 saturated heterocycles. The highest BCUT2D eigenvalue weighted by molar-refractivity contribution is 6.00. The van der Waals surface area contributed by atoms with Gasteiger partial charge in [0.2, 0.25) is 0 Å². The molecule has 4 aromatic rings. The van der Waals surface area contributed by atoms with Gasteiger partial charge in [-0.1, -0.05) is 48.5 Å². The molecule has 1 heterocycles. The molecule has 0 fully saturated rings. The van der Waals surface area contributed by atoms with Gasteiger partial charge in [0, 0.05) is 17.3 Å². The molecule has 0 spiro atoms. The van der Waals surface area contributed by atoms with E-state index in [9.17, 15) is 14.4 Å². The number of nitrogens with one attached hydrogen (secondary N) is 2. The van der Waals surface area contributed by atoms with Crippen LogP contribution in [0.3, 0.4) is 0 Å². The molecule has 36 heavy (non-hydrogen) atoms. The number of Topliss-reactive ketones (excluding diaryl/α,β-unsaturated/α-hetero) is 1. The molecule has 0 unspecified atom stereocenters. The van der Waals surface area contributed by atoms with E-state index in [-0.39, 0.29) is 18.0 Å². The summed E-state index contributed by atoms with van der Waals surface area (Å²) in [7, 11) is 1.44. The van der Waals surface area contributed by atoms with E-state index in [2.05, 4.69) is 16.0 Å². The van der Waals surface area contributed by atoms with E-state index >= 15 is 0 Å². The second kappa shape index (κ2) is 11.0. The first-order chi connectivity index (χ1) is 17.5. The van der Waals surface area contributed by atoms with E-state index in [4.69, 9.17) is 9.47 Å². The minimum atomic E-state index is -0.585. The molecule has 0 aliphatic rings. The highest BCUT2D eigenvalue weighted by atomic mass is 16.5. The van der Waals surface area contributed by atoms with Gasteiger partial charge in [0.05, 0.1) is 18.4 Å². The lowest BCUT2D eigenvalue weighted by molar-refractivity contribution is -0.123. The summed E-state index contributed by atoms with van der Waals surface area (Å²) >= 11 is 0. The monoisotopic (exact) mass is 484 g/mol. The van der Waals surface area contributed by atoms with Crippen molar-refractivity contribution in [1.82, 2.24) is 20.6 Å². The maximum absolute atomic E-state index is 13.0. The minimum Gasteiger partial charge on any atom is -0.493 e. The Morgan fingerprint density at radius 3 is 2.25 bits per heavy atom. The first-order valence-corrected chi connectivity index (χ1v) is 11.1. The van der Waals surface area contributed by atoms with Gasteiger partial charge < -0.3 is 9.47 Å². The average molecular weight is 485 g/mol. The second-order valence-corrected chi connectivity index (χ2v) is 7.75. The number of amides is 2. The van der Waals surface area contributed by atoms with E-state index in [0.717, 1.165) is 11.3 Å². The molecular weight excluding hydrogens is 460 g/mol. The Morgan fingerprint density at radius 2 is 1.58 bits per heavy atom. The Balaban J connectivity index is 1.45. The van der Waals surface area contributed by atoms with Crippen molar-refractivity contribution in [1.29, 1.82) is 0 Å². The van der Waals surface area contributed by atoms with E-state index < -0.39 is 11.8 Å². The Labute approximate surface area is 207 Å². The number of ether oxygens (including phenoxy) is 2. The molecule has 0 aliphatic carbocycles. The van der Waals surface area contributed by atoms with Crippen molar-refractivity contribution in [2.75, 3.05) is 13.7 Å². The minimum absolute atomic E-state index is 0.120. The number of rotatable bonds is 8. The van der Waals surface area contributed by atoms with Crippen molar-refractivity contribution in [2.45, 2.75) is 6.92 Å². The lowest BCUT2D eigenvalue weighted by atomic mass is 10.1. The molecule has 4 rings (SSSR count). The zero-order valence-corrected chi connectivity index (χ0v) is 19.7. The Kier molecular flexibility index (Phi) is 7.40. The SMILES string of the molecule is COc1cc(C(C)=O)ccc1OCC(=O)NNC(=O)c1cn(-c2ccccc2)nc1-c1ccccc1. The highest BCUT2D eigenvalue weighted by Gasteiger charge is 2.19. The van der Waals surface area contributed by atoms with Gasteiger partial charge in [0.15, 0.2) is 23.9 Å². The molecule has 2 N–H and O–H groups in total. The van der Waals surface area contributed by atoms with E-state index in [1.165, 1.54) is 20.1 Å². The summed E-state index contributed by atoms with van der Waals surface area (Å²) in [6.45, 7) is 1.06. The normalized spacial score (nSPS) is 10.4. The van der Waals surface area contributed by atoms with Crippen LogP contribution in [0.2, 0.25) is 0 Å². The summed E-state index contributed by atoms with van der Waals surface area (Å²) in [6.07, 6.45) is 1.61. The van der Waals surface area contributed by atoms with Crippen molar-refractivity contribution in [3.8, 4) is 28.4 Å². The molecule has 182 valence electrons. The number of ketones is 1. The van der Waals surface area contributed by atoms with Crippen LogP contribution in [0.15, 0.2) is 85.1 Å². The number of nitrogens with zero attached hydrogens (tertiary/aromatic N) is 2. The number of hydrogen-bond acceptors (Lipinski definition) is 6. The predicted molar refractivity (Wildman–Crippen MR) is 133 cm³/mol. The van der Waals surface area contributed by atoms with E-state index in [1.54, 1.807) is 23.0 Å². The number of carbonyl (C=O) groups excluding carboxylic acids is 3. The van der Waals surface area contributed by atoms with Gasteiger partial charge in [-0.2, -0.15) is 5.10 Å². The van der Waals surface area contributed by atoms with Crippen LogP contribution in [0, 0.1) is 0 Å². The van der Waals surface area contributed by atoms with E-state index in [0.29, 0.717) is 22.8 Å². The standard InChI is InChI=1S/C27H24N4O5/c1-18(32)20-13-14-23(24(15-20)35-2)36-17-25(33)28-29-27(34)22-16-31(21-11-7-4-8-12-21)30-26(22)19-9-5-3-6-10-19/h3-16H,17H2,1-2H3,(H,28,33)(H,29,34). The molecular formula is C27H24N4O5. The average Bonchev–Trinajstić information content (AvgIpc) is 3.37. The number of methoxy groups -OCH3 is 1. The Morgan fingerprint density at radius 1 is 0.889 bits per heavy atom. The number of hydrogen-bond donors (Lipinski definition) is 2. The fourth-order valence-electron chi connectivity index (χ4n) is 3.44. The van der Waals surface area contributed by atoms with Crippen LogP contribution in [0.5, 0.6) is 11.5 Å². The van der Waals surface area contributed by atoms with Crippen molar-refractivity contribution < 1.29 is 23.9 Å². The van der Waals surface area contributed by atoms with Crippen molar-refractivity contribution in [3.05, 3.63) is 96.2 Å². The third-order valence-corrected chi connectivity index (χ3v) is 5.27. The van der Waals surface area contributed by atoms with Gasteiger partial charge >= 0.3 is 0 Å². The summed E-state index contributed by atoms with van der Waals surface area (Å²) < 4.78 is 12.3. The molecule has 1 aromatic heterocycles. The van der Waals surface area contributed by atoms with Gasteiger partial charge in [0.25, 0.3) is 11.8 Å². The van der Waals surface area contributed by atoms with Crippen molar-refractivity contribution >= 4 is 17.6 Å². The van der Waals surface area contributed by atoms with Gasteiger partial charge in [-0.3, -0.25) is 25.2 Å². The molecule has 0 aliphatic heterocycles. The number of aromatic nitrogens is 2. The molecule has 3 aromatic carbocycles. The maximum atomic E-state index is 13.0. The third-order valence-electron chi connectivity index (χ3n) is 5.27. The summed E-state index contributed by atoms with van der Waals surface area (Å²) in [6, 6.07) is 23.3. The largest absolute Gasteiger partial charge is 0.493 e. The fourth-order valence-corrected chi connectivity index (χ4v) is 3.44. The van der Waals surface area contributed by atoms with Crippen LogP contribution in [-0.4, -0.2) is 41.1 Å². The Hall–Kier alpha value is -4.92. The molecule has 0 atom stereocenters. The summed E-state index contributed by atoms with van der Waals surface area (Å²) in [4.78, 5) is 36.9.